The van der Waals surface area contributed by atoms with Crippen molar-refractivity contribution in [2.45, 2.75) is 31.8 Å². The van der Waals surface area contributed by atoms with Crippen molar-refractivity contribution in [2.24, 2.45) is 5.92 Å². The first kappa shape index (κ1) is 13.9. The van der Waals surface area contributed by atoms with Gasteiger partial charge in [-0.15, -0.1) is 0 Å². The lowest BCUT2D eigenvalue weighted by Crippen LogP contribution is -2.25. The van der Waals surface area contributed by atoms with Gasteiger partial charge in [-0.3, -0.25) is 4.79 Å². The lowest BCUT2D eigenvalue weighted by molar-refractivity contribution is -0.128. The summed E-state index contributed by atoms with van der Waals surface area (Å²) in [6.07, 6.45) is 2.44. The maximum atomic E-state index is 11.9. The van der Waals surface area contributed by atoms with E-state index in [4.69, 9.17) is 9.47 Å². The smallest absolute Gasteiger partial charge is 0.138 e. The molecule has 0 heterocycles. The van der Waals surface area contributed by atoms with E-state index in [0.717, 1.165) is 19.3 Å². The fraction of sp³-hybridized carbons (Fsp3) is 0.533. The van der Waals surface area contributed by atoms with Gasteiger partial charge in [0.1, 0.15) is 17.3 Å². The molecule has 4 nitrogen and oxygen atoms in total. The van der Waals surface area contributed by atoms with Crippen molar-refractivity contribution in [1.82, 2.24) is 0 Å². The molecular weight excluding hydrogens is 244 g/mol. The summed E-state index contributed by atoms with van der Waals surface area (Å²) in [5, 5.41) is 10.4. The van der Waals surface area contributed by atoms with Gasteiger partial charge in [0.15, 0.2) is 0 Å². The van der Waals surface area contributed by atoms with Crippen LogP contribution in [0.5, 0.6) is 11.5 Å². The van der Waals surface area contributed by atoms with E-state index < -0.39 is 6.10 Å². The van der Waals surface area contributed by atoms with Crippen LogP contribution in [0.1, 0.15) is 37.4 Å². The SMILES string of the molecule is COc1ccc([C@@H](O)[C@@H]2CCCCC2=O)c(OC)c1. The average Bonchev–Trinajstić information content (AvgIpc) is 2.46. The molecule has 0 radical (unpaired) electrons. The predicted octanol–water partition coefficient (Wildman–Crippen LogP) is 2.50. The standard InChI is InChI=1S/C15H20O4/c1-18-10-7-8-12(14(9-10)19-2)15(17)11-5-3-4-6-13(11)16/h7-9,11,15,17H,3-6H2,1-2H3/t11-,15+/m1/s1. The van der Waals surface area contributed by atoms with Gasteiger partial charge in [-0.1, -0.05) is 6.42 Å². The minimum absolute atomic E-state index is 0.150. The summed E-state index contributed by atoms with van der Waals surface area (Å²) in [5.74, 6) is 1.07. The average molecular weight is 264 g/mol. The van der Waals surface area contributed by atoms with E-state index in [0.29, 0.717) is 23.5 Å². The predicted molar refractivity (Wildman–Crippen MR) is 71.5 cm³/mol. The Morgan fingerprint density at radius 2 is 2.05 bits per heavy atom. The fourth-order valence-electron chi connectivity index (χ4n) is 2.62. The summed E-state index contributed by atoms with van der Waals surface area (Å²) in [7, 11) is 3.13. The second-order valence-electron chi connectivity index (χ2n) is 4.87. The number of aliphatic hydroxyl groups excluding tert-OH is 1. The zero-order chi connectivity index (χ0) is 13.8. The summed E-state index contributed by atoms with van der Waals surface area (Å²) >= 11 is 0. The summed E-state index contributed by atoms with van der Waals surface area (Å²) in [5.41, 5.74) is 0.656. The number of hydrogen-bond acceptors (Lipinski definition) is 4. The minimum atomic E-state index is -0.798. The van der Waals surface area contributed by atoms with Gasteiger partial charge in [-0.2, -0.15) is 0 Å². The maximum absolute atomic E-state index is 11.9. The number of hydrogen-bond donors (Lipinski definition) is 1. The van der Waals surface area contributed by atoms with Crippen molar-refractivity contribution in [2.75, 3.05) is 14.2 Å². The lowest BCUT2D eigenvalue weighted by Gasteiger charge is -2.26. The van der Waals surface area contributed by atoms with Crippen LogP contribution in [-0.4, -0.2) is 25.1 Å². The van der Waals surface area contributed by atoms with Crippen LogP contribution < -0.4 is 9.47 Å². The zero-order valence-electron chi connectivity index (χ0n) is 11.4. The third-order valence-corrected chi connectivity index (χ3v) is 3.74. The van der Waals surface area contributed by atoms with Crippen LogP contribution in [0.15, 0.2) is 18.2 Å². The summed E-state index contributed by atoms with van der Waals surface area (Å²) in [6.45, 7) is 0. The molecule has 1 aromatic rings. The number of carbonyl (C=O) groups excluding carboxylic acids is 1. The van der Waals surface area contributed by atoms with Gasteiger partial charge in [-0.25, -0.2) is 0 Å². The van der Waals surface area contributed by atoms with Crippen molar-refractivity contribution in [3.8, 4) is 11.5 Å². The molecule has 2 atom stereocenters. The van der Waals surface area contributed by atoms with Crippen LogP contribution in [-0.2, 0) is 4.79 Å². The van der Waals surface area contributed by atoms with E-state index in [2.05, 4.69) is 0 Å². The molecule has 0 aromatic heterocycles. The van der Waals surface area contributed by atoms with Gasteiger partial charge in [-0.05, 0) is 25.0 Å². The molecule has 19 heavy (non-hydrogen) atoms. The second kappa shape index (κ2) is 6.06. The van der Waals surface area contributed by atoms with Gasteiger partial charge in [0.05, 0.1) is 20.3 Å². The molecule has 4 heteroatoms. The molecule has 104 valence electrons. The molecule has 1 fully saturated rings. The lowest BCUT2D eigenvalue weighted by atomic mass is 9.81. The Bertz CT molecular complexity index is 455. The van der Waals surface area contributed by atoms with Crippen molar-refractivity contribution >= 4 is 5.78 Å². The van der Waals surface area contributed by atoms with E-state index in [9.17, 15) is 9.90 Å². The maximum Gasteiger partial charge on any atom is 0.138 e. The topological polar surface area (TPSA) is 55.8 Å². The molecule has 0 spiro atoms. The highest BCUT2D eigenvalue weighted by Crippen LogP contribution is 2.37. The van der Waals surface area contributed by atoms with Gasteiger partial charge in [0.25, 0.3) is 0 Å². The van der Waals surface area contributed by atoms with Crippen LogP contribution in [0.25, 0.3) is 0 Å². The van der Waals surface area contributed by atoms with Gasteiger partial charge in [0.2, 0.25) is 0 Å². The highest BCUT2D eigenvalue weighted by molar-refractivity contribution is 5.82. The molecule has 1 N–H and O–H groups in total. The largest absolute Gasteiger partial charge is 0.497 e. The van der Waals surface area contributed by atoms with E-state index in [1.165, 1.54) is 0 Å². The Labute approximate surface area is 113 Å². The van der Waals surface area contributed by atoms with E-state index >= 15 is 0 Å². The van der Waals surface area contributed by atoms with Gasteiger partial charge >= 0.3 is 0 Å². The molecule has 2 rings (SSSR count). The normalized spacial score (nSPS) is 21.0. The number of ether oxygens (including phenoxy) is 2. The number of benzene rings is 1. The first-order chi connectivity index (χ1) is 9.17. The minimum Gasteiger partial charge on any atom is -0.497 e. The van der Waals surface area contributed by atoms with E-state index in [1.54, 1.807) is 32.4 Å². The molecule has 1 saturated carbocycles. The van der Waals surface area contributed by atoms with Crippen molar-refractivity contribution in [1.29, 1.82) is 0 Å². The van der Waals surface area contributed by atoms with Crippen LogP contribution in [0.2, 0.25) is 0 Å². The zero-order valence-corrected chi connectivity index (χ0v) is 11.4. The first-order valence-corrected chi connectivity index (χ1v) is 6.60. The molecule has 0 amide bonds. The number of ketones is 1. The Morgan fingerprint density at radius 1 is 1.26 bits per heavy atom. The number of methoxy groups -OCH3 is 2. The van der Waals surface area contributed by atoms with Crippen LogP contribution >= 0.6 is 0 Å². The Balaban J connectivity index is 2.27. The summed E-state index contributed by atoms with van der Waals surface area (Å²) < 4.78 is 10.4. The Kier molecular flexibility index (Phi) is 4.43. The number of aliphatic hydroxyl groups is 1. The third kappa shape index (κ3) is 2.89. The quantitative estimate of drug-likeness (QED) is 0.907. The van der Waals surface area contributed by atoms with Gasteiger partial charge in [0, 0.05) is 24.0 Å². The molecule has 0 bridgehead atoms. The fourth-order valence-corrected chi connectivity index (χ4v) is 2.62. The number of carbonyl (C=O) groups is 1. The summed E-state index contributed by atoms with van der Waals surface area (Å²) in [4.78, 5) is 11.9. The number of Topliss-reactive ketones (excluding diaryl/α,β-unsaturated/α-hetero) is 1. The molecule has 1 aliphatic carbocycles. The monoisotopic (exact) mass is 264 g/mol. The number of rotatable bonds is 4. The first-order valence-electron chi connectivity index (χ1n) is 6.60. The molecule has 0 unspecified atom stereocenters. The van der Waals surface area contributed by atoms with Gasteiger partial charge < -0.3 is 14.6 Å². The molecular formula is C15H20O4. The van der Waals surface area contributed by atoms with Crippen LogP contribution in [0.4, 0.5) is 0 Å². The summed E-state index contributed by atoms with van der Waals surface area (Å²) in [6, 6.07) is 5.27. The molecule has 1 aliphatic rings. The highest BCUT2D eigenvalue weighted by atomic mass is 16.5. The van der Waals surface area contributed by atoms with Crippen molar-refractivity contribution in [3.63, 3.8) is 0 Å². The third-order valence-electron chi connectivity index (χ3n) is 3.74. The molecule has 0 aliphatic heterocycles. The second-order valence-corrected chi connectivity index (χ2v) is 4.87. The van der Waals surface area contributed by atoms with E-state index in [-0.39, 0.29) is 11.7 Å². The van der Waals surface area contributed by atoms with Crippen LogP contribution in [0.3, 0.4) is 0 Å². The van der Waals surface area contributed by atoms with Crippen molar-refractivity contribution in [3.05, 3.63) is 23.8 Å². The van der Waals surface area contributed by atoms with Crippen LogP contribution in [0, 0.1) is 5.92 Å². The highest BCUT2D eigenvalue weighted by Gasteiger charge is 2.31. The molecule has 1 aromatic carbocycles. The van der Waals surface area contributed by atoms with Crippen molar-refractivity contribution < 1.29 is 19.4 Å². The Hall–Kier alpha value is -1.55. The molecule has 0 saturated heterocycles. The Morgan fingerprint density at radius 3 is 2.68 bits per heavy atom. The van der Waals surface area contributed by atoms with E-state index in [1.807, 2.05) is 0 Å².